The largest absolute Gasteiger partial charge is 0.619 e. The Labute approximate surface area is 299 Å². The van der Waals surface area contributed by atoms with Gasteiger partial charge in [-0.25, -0.2) is 13.2 Å². The zero-order valence-electron chi connectivity index (χ0n) is 27.4. The second-order valence-electron chi connectivity index (χ2n) is 12.2. The summed E-state index contributed by atoms with van der Waals surface area (Å²) in [7, 11) is -0.457. The molecule has 1 N–H and O–H groups in total. The Bertz CT molecular complexity index is 1750. The first kappa shape index (κ1) is 37.6. The van der Waals surface area contributed by atoms with Crippen LogP contribution in [0.25, 0.3) is 0 Å². The summed E-state index contributed by atoms with van der Waals surface area (Å²) in [6.07, 6.45) is 2.84. The molecular formula is C33H38Cl2F2N4O8S. The van der Waals surface area contributed by atoms with Gasteiger partial charge in [0.15, 0.2) is 23.9 Å². The zero-order chi connectivity index (χ0) is 36.0. The molecule has 0 bridgehead atoms. The number of esters is 1. The van der Waals surface area contributed by atoms with Crippen LogP contribution in [0.2, 0.25) is 10.0 Å². The highest BCUT2D eigenvalue weighted by Gasteiger charge is 2.28. The predicted molar refractivity (Wildman–Crippen MR) is 183 cm³/mol. The maximum absolute atomic E-state index is 13.7. The normalized spacial score (nSPS) is 16.2. The number of methoxy groups -OCH3 is 1. The number of anilines is 1. The molecule has 1 aliphatic heterocycles. The number of carbonyl (C=O) groups excluding carboxylic acids is 1. The smallest absolute Gasteiger partial charge is 0.387 e. The Morgan fingerprint density at radius 2 is 1.72 bits per heavy atom. The number of alkyl halides is 2. The van der Waals surface area contributed by atoms with E-state index in [1.165, 1.54) is 43.5 Å². The van der Waals surface area contributed by atoms with Crippen LogP contribution in [0.5, 0.6) is 17.2 Å². The molecule has 1 unspecified atom stereocenters. The van der Waals surface area contributed by atoms with Gasteiger partial charge in [0.05, 0.1) is 30.7 Å². The maximum Gasteiger partial charge on any atom is 0.387 e. The highest BCUT2D eigenvalue weighted by atomic mass is 35.5. The van der Waals surface area contributed by atoms with E-state index in [1.807, 2.05) is 7.05 Å². The van der Waals surface area contributed by atoms with E-state index in [9.17, 15) is 27.2 Å². The first-order valence-corrected chi connectivity index (χ1v) is 18.3. The molecule has 2 fully saturated rings. The van der Waals surface area contributed by atoms with Crippen molar-refractivity contribution >= 4 is 44.9 Å². The van der Waals surface area contributed by atoms with Crippen LogP contribution in [0.3, 0.4) is 0 Å². The lowest BCUT2D eigenvalue weighted by Gasteiger charge is -2.32. The molecule has 50 heavy (non-hydrogen) atoms. The number of nitrogens with zero attached hydrogens (tertiary/aromatic N) is 3. The van der Waals surface area contributed by atoms with E-state index < -0.39 is 28.7 Å². The molecule has 1 aliphatic carbocycles. The molecule has 0 amide bonds. The molecule has 1 aromatic heterocycles. The molecule has 2 aromatic carbocycles. The van der Waals surface area contributed by atoms with Gasteiger partial charge in [0.1, 0.15) is 21.9 Å². The number of ether oxygens (including phenoxy) is 4. The lowest BCUT2D eigenvalue weighted by molar-refractivity contribution is -0.605. The monoisotopic (exact) mass is 758 g/mol. The van der Waals surface area contributed by atoms with Crippen molar-refractivity contribution in [2.75, 3.05) is 64.0 Å². The molecule has 2 aliphatic rings. The van der Waals surface area contributed by atoms with Crippen molar-refractivity contribution in [1.29, 1.82) is 0 Å². The Morgan fingerprint density at radius 3 is 2.36 bits per heavy atom. The number of likely N-dealkylation sites (N-methyl/N-ethyl adjacent to an activating group) is 1. The Hall–Kier alpha value is -3.63. The molecule has 272 valence electrons. The van der Waals surface area contributed by atoms with Crippen LogP contribution in [0.4, 0.5) is 14.5 Å². The standard InChI is InChI=1S/C33H38Cl2F2N4O8S/c1-39-9-11-40(12-10-39)13-14-50(44,45)38-27-15-23(6-7-28(27)46-2)32(42)48-30(17-24-25(34)18-41(43)19-26(24)35)22-5-8-29(49-33(36)37)31(16-22)47-20-21-3-4-21/h5-8,15-16,18-19,21,30,33,38H,3-4,9-14,17,20H2,1-2H3. The van der Waals surface area contributed by atoms with Gasteiger partial charge in [-0.15, -0.1) is 0 Å². The fraction of sp³-hybridized carbons (Fsp3) is 0.455. The lowest BCUT2D eigenvalue weighted by atomic mass is 10.0. The van der Waals surface area contributed by atoms with E-state index in [0.29, 0.717) is 22.8 Å². The molecule has 12 nitrogen and oxygen atoms in total. The third-order valence-corrected chi connectivity index (χ3v) is 10.3. The van der Waals surface area contributed by atoms with Crippen LogP contribution >= 0.6 is 23.2 Å². The van der Waals surface area contributed by atoms with E-state index in [1.54, 1.807) is 0 Å². The summed E-state index contributed by atoms with van der Waals surface area (Å²) in [5.74, 6) is -0.725. The van der Waals surface area contributed by atoms with Crippen LogP contribution in [0.1, 0.15) is 40.4 Å². The summed E-state index contributed by atoms with van der Waals surface area (Å²) in [4.78, 5) is 18.0. The number of hydrogen-bond donors (Lipinski definition) is 1. The summed E-state index contributed by atoms with van der Waals surface area (Å²) >= 11 is 12.7. The topological polar surface area (TPSA) is 134 Å². The minimum Gasteiger partial charge on any atom is -0.619 e. The SMILES string of the molecule is COc1ccc(C(=O)OC(Cc2c(Cl)c[n+]([O-])cc2Cl)c2ccc(OC(F)F)c(OCC3CC3)c2)cc1NS(=O)(=O)CCN1CCN(C)CC1. The number of aromatic nitrogens is 1. The molecule has 2 heterocycles. The summed E-state index contributed by atoms with van der Waals surface area (Å²) < 4.78 is 77.4. The molecule has 0 spiro atoms. The molecule has 17 heteroatoms. The summed E-state index contributed by atoms with van der Waals surface area (Å²) in [6.45, 7) is 0.708. The number of halogens is 4. The summed E-state index contributed by atoms with van der Waals surface area (Å²) in [5, 5.41) is 11.9. The molecule has 0 radical (unpaired) electrons. The maximum atomic E-state index is 13.7. The van der Waals surface area contributed by atoms with Gasteiger partial charge >= 0.3 is 12.6 Å². The number of carbonyl (C=O) groups is 1. The van der Waals surface area contributed by atoms with Gasteiger partial charge in [-0.1, -0.05) is 29.3 Å². The van der Waals surface area contributed by atoms with Crippen molar-refractivity contribution in [2.45, 2.75) is 32.0 Å². The fourth-order valence-electron chi connectivity index (χ4n) is 5.31. The van der Waals surface area contributed by atoms with E-state index >= 15 is 0 Å². The van der Waals surface area contributed by atoms with Gasteiger partial charge in [0, 0.05) is 44.7 Å². The number of pyridine rings is 1. The molecule has 1 saturated heterocycles. The third kappa shape index (κ3) is 10.4. The molecule has 5 rings (SSSR count). The van der Waals surface area contributed by atoms with Crippen molar-refractivity contribution in [2.24, 2.45) is 5.92 Å². The van der Waals surface area contributed by atoms with Gasteiger partial charge < -0.3 is 29.1 Å². The van der Waals surface area contributed by atoms with Gasteiger partial charge in [-0.05, 0) is 61.7 Å². The second kappa shape index (κ2) is 16.6. The number of nitrogens with one attached hydrogen (secondary N) is 1. The number of piperazine rings is 1. The average molecular weight is 760 g/mol. The van der Waals surface area contributed by atoms with E-state index in [4.69, 9.17) is 37.4 Å². The van der Waals surface area contributed by atoms with Gasteiger partial charge in [0.2, 0.25) is 10.0 Å². The van der Waals surface area contributed by atoms with Crippen LogP contribution < -0.4 is 23.7 Å². The average Bonchev–Trinajstić information content (AvgIpc) is 3.89. The predicted octanol–water partition coefficient (Wildman–Crippen LogP) is 5.16. The van der Waals surface area contributed by atoms with Crippen molar-refractivity contribution in [1.82, 2.24) is 9.80 Å². The van der Waals surface area contributed by atoms with Crippen LogP contribution in [0.15, 0.2) is 48.8 Å². The quantitative estimate of drug-likeness (QED) is 0.119. The summed E-state index contributed by atoms with van der Waals surface area (Å²) in [6, 6.07) is 8.30. The zero-order valence-corrected chi connectivity index (χ0v) is 29.8. The highest BCUT2D eigenvalue weighted by molar-refractivity contribution is 7.92. The Kier molecular flexibility index (Phi) is 12.5. The Balaban J connectivity index is 1.41. The Morgan fingerprint density at radius 1 is 1.04 bits per heavy atom. The van der Waals surface area contributed by atoms with Crippen molar-refractivity contribution < 1.29 is 45.7 Å². The van der Waals surface area contributed by atoms with Crippen LogP contribution in [-0.2, 0) is 21.2 Å². The second-order valence-corrected chi connectivity index (χ2v) is 14.9. The number of rotatable bonds is 16. The summed E-state index contributed by atoms with van der Waals surface area (Å²) in [5.41, 5.74) is 0.638. The van der Waals surface area contributed by atoms with E-state index in [2.05, 4.69) is 19.3 Å². The third-order valence-electron chi connectivity index (χ3n) is 8.40. The molecule has 3 aromatic rings. The molecule has 1 saturated carbocycles. The van der Waals surface area contributed by atoms with Gasteiger partial charge in [-0.2, -0.15) is 13.5 Å². The van der Waals surface area contributed by atoms with E-state index in [0.717, 1.165) is 51.4 Å². The van der Waals surface area contributed by atoms with Crippen molar-refractivity contribution in [3.63, 3.8) is 0 Å². The van der Waals surface area contributed by atoms with Gasteiger partial charge in [0.25, 0.3) is 0 Å². The number of benzene rings is 2. The van der Waals surface area contributed by atoms with Crippen molar-refractivity contribution in [3.8, 4) is 17.2 Å². The van der Waals surface area contributed by atoms with Crippen molar-refractivity contribution in [3.05, 3.63) is 80.7 Å². The minimum atomic E-state index is -3.84. The van der Waals surface area contributed by atoms with Gasteiger partial charge in [-0.3, -0.25) is 9.62 Å². The highest BCUT2D eigenvalue weighted by Crippen LogP contribution is 2.38. The van der Waals surface area contributed by atoms with E-state index in [-0.39, 0.29) is 62.9 Å². The van der Waals surface area contributed by atoms with Crippen LogP contribution in [-0.4, -0.2) is 90.0 Å². The number of hydrogen-bond acceptors (Lipinski definition) is 10. The fourth-order valence-corrected chi connectivity index (χ4v) is 7.01. The van der Waals surface area contributed by atoms with Crippen LogP contribution in [0, 0.1) is 11.1 Å². The number of sulfonamides is 1. The first-order chi connectivity index (χ1) is 23.8. The molecule has 1 atom stereocenters. The molecular weight excluding hydrogens is 721 g/mol. The first-order valence-electron chi connectivity index (χ1n) is 15.9. The minimum absolute atomic E-state index is 0.00845. The lowest BCUT2D eigenvalue weighted by Crippen LogP contribution is -2.46.